The van der Waals surface area contributed by atoms with Crippen molar-refractivity contribution in [3.63, 3.8) is 0 Å². The summed E-state index contributed by atoms with van der Waals surface area (Å²) in [6.45, 7) is 4.84. The van der Waals surface area contributed by atoms with Crippen LogP contribution in [0.3, 0.4) is 0 Å². The molecule has 2 aliphatic heterocycles. The van der Waals surface area contributed by atoms with Gasteiger partial charge in [-0.15, -0.1) is 12.4 Å². The zero-order valence-electron chi connectivity index (χ0n) is 12.8. The van der Waals surface area contributed by atoms with E-state index < -0.39 is 0 Å². The Morgan fingerprint density at radius 1 is 1.09 bits per heavy atom. The van der Waals surface area contributed by atoms with Gasteiger partial charge in [0.1, 0.15) is 0 Å². The van der Waals surface area contributed by atoms with Crippen LogP contribution in [0.2, 0.25) is 5.02 Å². The smallest absolute Gasteiger partial charge is 0.226 e. The number of benzene rings is 1. The summed E-state index contributed by atoms with van der Waals surface area (Å²) in [5, 5.41) is 0.777. The molecule has 0 spiro atoms. The largest absolute Gasteiger partial charge is 0.342 e. The molecule has 1 aromatic carbocycles. The quantitative estimate of drug-likeness (QED) is 0.837. The zero-order chi connectivity index (χ0) is 14.7. The van der Waals surface area contributed by atoms with E-state index in [-0.39, 0.29) is 18.3 Å². The number of amides is 1. The second-order valence-electron chi connectivity index (χ2n) is 6.23. The minimum absolute atomic E-state index is 0. The molecule has 1 unspecified atom stereocenters. The van der Waals surface area contributed by atoms with Gasteiger partial charge < -0.3 is 4.90 Å². The number of hydrogen-bond acceptors (Lipinski definition) is 2. The normalized spacial score (nSPS) is 22.4. The Morgan fingerprint density at radius 3 is 2.45 bits per heavy atom. The Labute approximate surface area is 144 Å². The van der Waals surface area contributed by atoms with Crippen molar-refractivity contribution in [1.82, 2.24) is 9.80 Å². The Balaban J connectivity index is 0.00000176. The minimum atomic E-state index is 0. The van der Waals surface area contributed by atoms with Gasteiger partial charge in [0.15, 0.2) is 0 Å². The molecule has 122 valence electrons. The number of nitrogens with zero attached hydrogens (tertiary/aromatic N) is 2. The molecule has 2 heterocycles. The van der Waals surface area contributed by atoms with E-state index in [2.05, 4.69) is 21.9 Å². The molecule has 22 heavy (non-hydrogen) atoms. The number of hydrogen-bond donors (Lipinski definition) is 0. The molecule has 0 aromatic heterocycles. The molecule has 2 aliphatic rings. The fourth-order valence-corrected chi connectivity index (χ4v) is 3.57. The van der Waals surface area contributed by atoms with Crippen molar-refractivity contribution < 1.29 is 4.79 Å². The molecule has 0 bridgehead atoms. The van der Waals surface area contributed by atoms with Crippen LogP contribution in [0, 0.1) is 5.92 Å². The van der Waals surface area contributed by atoms with Crippen LogP contribution in [0.4, 0.5) is 0 Å². The molecule has 0 saturated carbocycles. The van der Waals surface area contributed by atoms with Gasteiger partial charge in [-0.3, -0.25) is 9.69 Å². The third-order valence-electron chi connectivity index (χ3n) is 4.59. The van der Waals surface area contributed by atoms with Gasteiger partial charge in [0.25, 0.3) is 0 Å². The van der Waals surface area contributed by atoms with Gasteiger partial charge in [-0.05, 0) is 49.9 Å². The van der Waals surface area contributed by atoms with Gasteiger partial charge >= 0.3 is 0 Å². The first-order valence-electron chi connectivity index (χ1n) is 7.98. The van der Waals surface area contributed by atoms with E-state index in [1.807, 2.05) is 12.1 Å². The Hall–Kier alpha value is -0.770. The second kappa shape index (κ2) is 8.19. The summed E-state index contributed by atoms with van der Waals surface area (Å²) >= 11 is 5.93. The maximum absolute atomic E-state index is 12.5. The Morgan fingerprint density at radius 2 is 1.77 bits per heavy atom. The van der Waals surface area contributed by atoms with Gasteiger partial charge in [-0.1, -0.05) is 23.7 Å². The van der Waals surface area contributed by atoms with Gasteiger partial charge in [0.2, 0.25) is 5.91 Å². The average molecular weight is 343 g/mol. The van der Waals surface area contributed by atoms with Crippen LogP contribution in [0.1, 0.15) is 31.2 Å². The highest BCUT2D eigenvalue weighted by Crippen LogP contribution is 2.23. The number of piperidine rings is 1. The zero-order valence-corrected chi connectivity index (χ0v) is 14.4. The van der Waals surface area contributed by atoms with E-state index in [1.54, 1.807) is 0 Å². The van der Waals surface area contributed by atoms with Gasteiger partial charge in [0.05, 0.1) is 5.92 Å². The molecule has 3 rings (SSSR count). The van der Waals surface area contributed by atoms with Crippen LogP contribution in [0.25, 0.3) is 0 Å². The van der Waals surface area contributed by atoms with Crippen molar-refractivity contribution in [3.8, 4) is 0 Å². The number of carbonyl (C=O) groups is 1. The van der Waals surface area contributed by atoms with Gasteiger partial charge in [-0.2, -0.15) is 0 Å². The first kappa shape index (κ1) is 17.6. The van der Waals surface area contributed by atoms with Crippen LogP contribution in [0.5, 0.6) is 0 Å². The fourth-order valence-electron chi connectivity index (χ4n) is 3.44. The number of halogens is 2. The first-order chi connectivity index (χ1) is 10.2. The fraction of sp³-hybridized carbons (Fsp3) is 0.588. The lowest BCUT2D eigenvalue weighted by Crippen LogP contribution is -2.43. The maximum Gasteiger partial charge on any atom is 0.226 e. The average Bonchev–Trinajstić information content (AvgIpc) is 3.03. The van der Waals surface area contributed by atoms with Crippen LogP contribution < -0.4 is 0 Å². The molecule has 1 atom stereocenters. The molecule has 1 amide bonds. The maximum atomic E-state index is 12.5. The van der Waals surface area contributed by atoms with Crippen LogP contribution >= 0.6 is 24.0 Å². The number of rotatable bonds is 3. The van der Waals surface area contributed by atoms with Crippen molar-refractivity contribution in [3.05, 3.63) is 34.9 Å². The predicted octanol–water partition coefficient (Wildman–Crippen LogP) is 3.60. The molecule has 2 fully saturated rings. The van der Waals surface area contributed by atoms with E-state index in [0.717, 1.165) is 50.6 Å². The van der Waals surface area contributed by atoms with Crippen molar-refractivity contribution in [2.24, 2.45) is 5.92 Å². The monoisotopic (exact) mass is 342 g/mol. The summed E-state index contributed by atoms with van der Waals surface area (Å²) in [5.41, 5.74) is 1.27. The summed E-state index contributed by atoms with van der Waals surface area (Å²) in [4.78, 5) is 17.0. The van der Waals surface area contributed by atoms with Gasteiger partial charge in [0, 0.05) is 31.2 Å². The molecule has 0 radical (unpaired) electrons. The first-order valence-corrected chi connectivity index (χ1v) is 8.36. The van der Waals surface area contributed by atoms with Crippen molar-refractivity contribution >= 4 is 29.9 Å². The molecular formula is C17H24Cl2N2O. The van der Waals surface area contributed by atoms with Crippen LogP contribution in [0.15, 0.2) is 24.3 Å². The van der Waals surface area contributed by atoms with Crippen molar-refractivity contribution in [2.45, 2.75) is 32.2 Å². The Bertz CT molecular complexity index is 486. The number of likely N-dealkylation sites (tertiary alicyclic amines) is 2. The molecule has 0 N–H and O–H groups in total. The third kappa shape index (κ3) is 4.37. The van der Waals surface area contributed by atoms with Crippen LogP contribution in [-0.4, -0.2) is 41.9 Å². The summed E-state index contributed by atoms with van der Waals surface area (Å²) in [5.74, 6) is 0.581. The standard InChI is InChI=1S/C17H23ClN2O.ClH/c18-16-7-5-14(6-8-16)12-19-9-3-4-15(13-19)17(21)20-10-1-2-11-20;/h5-8,15H,1-4,9-13H2;1H. The summed E-state index contributed by atoms with van der Waals surface area (Å²) in [6, 6.07) is 8.03. The topological polar surface area (TPSA) is 23.6 Å². The second-order valence-corrected chi connectivity index (χ2v) is 6.67. The minimum Gasteiger partial charge on any atom is -0.342 e. The third-order valence-corrected chi connectivity index (χ3v) is 4.84. The van der Waals surface area contributed by atoms with Crippen LogP contribution in [-0.2, 0) is 11.3 Å². The summed E-state index contributed by atoms with van der Waals surface area (Å²) < 4.78 is 0. The number of carbonyl (C=O) groups excluding carboxylic acids is 1. The molecule has 3 nitrogen and oxygen atoms in total. The van der Waals surface area contributed by atoms with E-state index in [4.69, 9.17) is 11.6 Å². The van der Waals surface area contributed by atoms with E-state index in [9.17, 15) is 4.79 Å². The molecule has 2 saturated heterocycles. The van der Waals surface area contributed by atoms with E-state index >= 15 is 0 Å². The molecular weight excluding hydrogens is 319 g/mol. The van der Waals surface area contributed by atoms with Gasteiger partial charge in [-0.25, -0.2) is 0 Å². The highest BCUT2D eigenvalue weighted by Gasteiger charge is 2.30. The van der Waals surface area contributed by atoms with Crippen molar-refractivity contribution in [2.75, 3.05) is 26.2 Å². The Kier molecular flexibility index (Phi) is 6.54. The molecule has 5 heteroatoms. The lowest BCUT2D eigenvalue weighted by atomic mass is 9.96. The predicted molar refractivity (Wildman–Crippen MR) is 92.5 cm³/mol. The van der Waals surface area contributed by atoms with E-state index in [0.29, 0.717) is 5.91 Å². The SMILES string of the molecule is Cl.O=C(C1CCCN(Cc2ccc(Cl)cc2)C1)N1CCCC1. The van der Waals surface area contributed by atoms with Crippen molar-refractivity contribution in [1.29, 1.82) is 0 Å². The molecule has 1 aromatic rings. The highest BCUT2D eigenvalue weighted by molar-refractivity contribution is 6.30. The van der Waals surface area contributed by atoms with E-state index in [1.165, 1.54) is 18.4 Å². The summed E-state index contributed by atoms with van der Waals surface area (Å²) in [7, 11) is 0. The highest BCUT2D eigenvalue weighted by atomic mass is 35.5. The summed E-state index contributed by atoms with van der Waals surface area (Å²) in [6.07, 6.45) is 4.52. The lowest BCUT2D eigenvalue weighted by Gasteiger charge is -2.34. The molecule has 0 aliphatic carbocycles. The lowest BCUT2D eigenvalue weighted by molar-refractivity contribution is -0.136.